The highest BCUT2D eigenvalue weighted by atomic mass is 35.5. The summed E-state index contributed by atoms with van der Waals surface area (Å²) in [6.45, 7) is 5.08. The number of rotatable bonds is 3. The third-order valence-electron chi connectivity index (χ3n) is 2.03. The van der Waals surface area contributed by atoms with Gasteiger partial charge in [0.15, 0.2) is 0 Å². The van der Waals surface area contributed by atoms with Gasteiger partial charge in [-0.1, -0.05) is 6.92 Å². The van der Waals surface area contributed by atoms with Crippen molar-refractivity contribution in [3.05, 3.63) is 16.2 Å². The fourth-order valence-corrected chi connectivity index (χ4v) is 2.49. The van der Waals surface area contributed by atoms with Gasteiger partial charge in [-0.2, -0.15) is 0 Å². The summed E-state index contributed by atoms with van der Waals surface area (Å²) in [4.78, 5) is 10.6. The first kappa shape index (κ1) is 10.6. The lowest BCUT2D eigenvalue weighted by atomic mass is 10.3. The van der Waals surface area contributed by atoms with Crippen molar-refractivity contribution in [2.75, 3.05) is 11.9 Å². The van der Waals surface area contributed by atoms with Crippen LogP contribution in [0.1, 0.15) is 18.2 Å². The summed E-state index contributed by atoms with van der Waals surface area (Å²) in [7, 11) is 0. The Balaban J connectivity index is 2.50. The molecule has 0 aliphatic rings. The summed E-state index contributed by atoms with van der Waals surface area (Å²) in [6, 6.07) is 2.09. The molecular weight excluding hydrogens is 230 g/mol. The Hall–Kier alpha value is -0.870. The van der Waals surface area contributed by atoms with Crippen LogP contribution in [0, 0.1) is 6.92 Å². The van der Waals surface area contributed by atoms with Crippen molar-refractivity contribution in [3.8, 4) is 0 Å². The van der Waals surface area contributed by atoms with Crippen LogP contribution < -0.4 is 5.32 Å². The number of nitrogens with one attached hydrogen (secondary N) is 1. The van der Waals surface area contributed by atoms with Gasteiger partial charge in [0.2, 0.25) is 5.28 Å². The van der Waals surface area contributed by atoms with Gasteiger partial charge in [0.1, 0.15) is 10.6 Å². The molecule has 0 amide bonds. The van der Waals surface area contributed by atoms with E-state index >= 15 is 0 Å². The first-order chi connectivity index (χ1) is 7.20. The maximum Gasteiger partial charge on any atom is 0.225 e. The van der Waals surface area contributed by atoms with E-state index in [1.165, 1.54) is 4.88 Å². The van der Waals surface area contributed by atoms with Gasteiger partial charge in [0.05, 0.1) is 5.39 Å². The highest BCUT2D eigenvalue weighted by Gasteiger charge is 2.08. The fraction of sp³-hybridized carbons (Fsp3) is 0.400. The van der Waals surface area contributed by atoms with Crippen LogP contribution in [0.5, 0.6) is 0 Å². The zero-order valence-electron chi connectivity index (χ0n) is 8.67. The Morgan fingerprint density at radius 2 is 2.27 bits per heavy atom. The average molecular weight is 242 g/mol. The maximum absolute atomic E-state index is 5.86. The van der Waals surface area contributed by atoms with Crippen LogP contribution in [-0.4, -0.2) is 16.5 Å². The van der Waals surface area contributed by atoms with Crippen molar-refractivity contribution >= 4 is 39.0 Å². The second kappa shape index (κ2) is 4.33. The van der Waals surface area contributed by atoms with E-state index in [1.54, 1.807) is 11.3 Å². The van der Waals surface area contributed by atoms with E-state index in [0.717, 1.165) is 29.0 Å². The van der Waals surface area contributed by atoms with Gasteiger partial charge in [0, 0.05) is 11.4 Å². The van der Waals surface area contributed by atoms with Gasteiger partial charge in [-0.3, -0.25) is 0 Å². The number of aryl methyl sites for hydroxylation is 1. The van der Waals surface area contributed by atoms with Gasteiger partial charge in [-0.15, -0.1) is 11.3 Å². The molecule has 0 aromatic carbocycles. The Kier molecular flexibility index (Phi) is 3.07. The lowest BCUT2D eigenvalue weighted by Crippen LogP contribution is -2.02. The molecule has 0 aliphatic heterocycles. The molecule has 2 aromatic heterocycles. The Bertz CT molecular complexity index is 481. The minimum Gasteiger partial charge on any atom is -0.369 e. The van der Waals surface area contributed by atoms with Crippen LogP contribution in [0.3, 0.4) is 0 Å². The molecule has 15 heavy (non-hydrogen) atoms. The first-order valence-electron chi connectivity index (χ1n) is 4.88. The third-order valence-corrected chi connectivity index (χ3v) is 3.14. The van der Waals surface area contributed by atoms with Gasteiger partial charge in [-0.05, 0) is 31.0 Å². The van der Waals surface area contributed by atoms with Gasteiger partial charge >= 0.3 is 0 Å². The number of anilines is 1. The number of hydrogen-bond donors (Lipinski definition) is 1. The van der Waals surface area contributed by atoms with Crippen LogP contribution in [0.25, 0.3) is 10.2 Å². The summed E-state index contributed by atoms with van der Waals surface area (Å²) >= 11 is 7.49. The van der Waals surface area contributed by atoms with Gasteiger partial charge in [0.25, 0.3) is 0 Å². The van der Waals surface area contributed by atoms with Crippen molar-refractivity contribution in [3.63, 3.8) is 0 Å². The summed E-state index contributed by atoms with van der Waals surface area (Å²) in [6.07, 6.45) is 1.06. The molecule has 0 radical (unpaired) electrons. The molecule has 2 rings (SSSR count). The number of aromatic nitrogens is 2. The molecule has 0 atom stereocenters. The van der Waals surface area contributed by atoms with E-state index in [2.05, 4.69) is 35.2 Å². The van der Waals surface area contributed by atoms with E-state index in [1.807, 2.05) is 0 Å². The normalized spacial score (nSPS) is 10.9. The molecular formula is C10H12ClN3S. The Labute approximate surface area is 97.5 Å². The number of fused-ring (bicyclic) bond motifs is 1. The number of halogens is 1. The van der Waals surface area contributed by atoms with Crippen LogP contribution >= 0.6 is 22.9 Å². The van der Waals surface area contributed by atoms with E-state index in [-0.39, 0.29) is 0 Å². The van der Waals surface area contributed by atoms with Crippen LogP contribution in [0.15, 0.2) is 6.07 Å². The molecule has 2 aromatic rings. The molecule has 0 fully saturated rings. The second-order valence-electron chi connectivity index (χ2n) is 3.34. The van der Waals surface area contributed by atoms with E-state index in [9.17, 15) is 0 Å². The minimum absolute atomic E-state index is 0.308. The van der Waals surface area contributed by atoms with E-state index in [4.69, 9.17) is 11.6 Å². The topological polar surface area (TPSA) is 37.8 Å². The van der Waals surface area contributed by atoms with Crippen molar-refractivity contribution in [1.82, 2.24) is 9.97 Å². The highest BCUT2D eigenvalue weighted by molar-refractivity contribution is 7.18. The number of thiophene rings is 1. The Morgan fingerprint density at radius 3 is 3.00 bits per heavy atom. The molecule has 5 heteroatoms. The van der Waals surface area contributed by atoms with Gasteiger partial charge < -0.3 is 5.32 Å². The third kappa shape index (κ3) is 2.21. The van der Waals surface area contributed by atoms with Crippen LogP contribution in [0.2, 0.25) is 5.28 Å². The zero-order valence-corrected chi connectivity index (χ0v) is 10.2. The van der Waals surface area contributed by atoms with Crippen LogP contribution in [-0.2, 0) is 0 Å². The average Bonchev–Trinajstić information content (AvgIpc) is 2.54. The highest BCUT2D eigenvalue weighted by Crippen LogP contribution is 2.29. The molecule has 0 spiro atoms. The summed E-state index contributed by atoms with van der Waals surface area (Å²) < 4.78 is 0. The maximum atomic E-state index is 5.86. The van der Waals surface area contributed by atoms with E-state index < -0.39 is 0 Å². The number of hydrogen-bond acceptors (Lipinski definition) is 4. The molecule has 0 saturated heterocycles. The molecule has 0 saturated carbocycles. The zero-order chi connectivity index (χ0) is 10.8. The van der Waals surface area contributed by atoms with E-state index in [0.29, 0.717) is 5.28 Å². The molecule has 0 bridgehead atoms. The van der Waals surface area contributed by atoms with Gasteiger partial charge in [-0.25, -0.2) is 9.97 Å². The smallest absolute Gasteiger partial charge is 0.225 e. The lowest BCUT2D eigenvalue weighted by Gasteiger charge is -2.04. The quantitative estimate of drug-likeness (QED) is 0.837. The molecule has 1 N–H and O–H groups in total. The summed E-state index contributed by atoms with van der Waals surface area (Å²) in [5.41, 5.74) is 0. The standard InChI is InChI=1S/C10H12ClN3S/c1-3-4-12-8-7-5-6(2)15-9(7)14-10(11)13-8/h5H,3-4H2,1-2H3,(H,12,13,14). The fourth-order valence-electron chi connectivity index (χ4n) is 1.39. The van der Waals surface area contributed by atoms with Crippen molar-refractivity contribution in [1.29, 1.82) is 0 Å². The molecule has 3 nitrogen and oxygen atoms in total. The van der Waals surface area contributed by atoms with Crippen molar-refractivity contribution in [2.24, 2.45) is 0 Å². The molecule has 0 unspecified atom stereocenters. The van der Waals surface area contributed by atoms with Crippen LogP contribution in [0.4, 0.5) is 5.82 Å². The van der Waals surface area contributed by atoms with Crippen molar-refractivity contribution < 1.29 is 0 Å². The second-order valence-corrected chi connectivity index (χ2v) is 4.92. The predicted molar refractivity (Wildman–Crippen MR) is 65.9 cm³/mol. The Morgan fingerprint density at radius 1 is 1.47 bits per heavy atom. The largest absolute Gasteiger partial charge is 0.369 e. The lowest BCUT2D eigenvalue weighted by molar-refractivity contribution is 0.970. The SMILES string of the molecule is CCCNc1nc(Cl)nc2sc(C)cc12. The molecule has 0 aliphatic carbocycles. The minimum atomic E-state index is 0.308. The van der Waals surface area contributed by atoms with Crippen molar-refractivity contribution in [2.45, 2.75) is 20.3 Å². The molecule has 80 valence electrons. The summed E-state index contributed by atoms with van der Waals surface area (Å²) in [5.74, 6) is 0.844. The summed E-state index contributed by atoms with van der Waals surface area (Å²) in [5, 5.41) is 4.64. The first-order valence-corrected chi connectivity index (χ1v) is 6.07. The predicted octanol–water partition coefficient (Wildman–Crippen LogP) is 3.48. The monoisotopic (exact) mass is 241 g/mol. The number of nitrogens with zero attached hydrogens (tertiary/aromatic N) is 2. The molecule has 2 heterocycles.